The maximum atomic E-state index is 13.0. The Bertz CT molecular complexity index is 697. The van der Waals surface area contributed by atoms with Gasteiger partial charge in [-0.15, -0.1) is 0 Å². The fraction of sp³-hybridized carbons (Fsp3) is 0.412. The molecular weight excluding hydrogens is 292 g/mol. The molecule has 6 nitrogen and oxygen atoms in total. The van der Waals surface area contributed by atoms with Gasteiger partial charge in [0, 0.05) is 32.9 Å². The Kier molecular flexibility index (Phi) is 4.23. The van der Waals surface area contributed by atoms with Crippen LogP contribution in [-0.4, -0.2) is 42.4 Å². The molecule has 3 rings (SSSR count). The molecule has 122 valence electrons. The molecule has 1 aliphatic rings. The highest BCUT2D eigenvalue weighted by atomic mass is 16.5. The Morgan fingerprint density at radius 3 is 2.78 bits per heavy atom. The third-order valence-corrected chi connectivity index (χ3v) is 4.31. The number of piperidine rings is 1. The van der Waals surface area contributed by atoms with Gasteiger partial charge >= 0.3 is 0 Å². The van der Waals surface area contributed by atoms with Crippen LogP contribution in [0.25, 0.3) is 0 Å². The van der Waals surface area contributed by atoms with Crippen molar-refractivity contribution in [1.82, 2.24) is 9.78 Å². The molecule has 0 aliphatic carbocycles. The third kappa shape index (κ3) is 2.88. The van der Waals surface area contributed by atoms with Gasteiger partial charge in [0.2, 0.25) is 5.91 Å². The van der Waals surface area contributed by atoms with Crippen LogP contribution in [-0.2, 0) is 11.8 Å². The largest absolute Gasteiger partial charge is 0.495 e. The van der Waals surface area contributed by atoms with Gasteiger partial charge in [0.1, 0.15) is 11.8 Å². The molecule has 1 aromatic carbocycles. The van der Waals surface area contributed by atoms with Crippen LogP contribution >= 0.6 is 0 Å². The Balaban J connectivity index is 1.86. The summed E-state index contributed by atoms with van der Waals surface area (Å²) in [5.41, 5.74) is 0.833. The smallest absolute Gasteiger partial charge is 0.249 e. The number of likely N-dealkylation sites (N-methyl/N-ethyl adjacent to an activating group) is 1. The first-order chi connectivity index (χ1) is 11.1. The Hall–Kier alpha value is -2.50. The molecule has 0 saturated carbocycles. The second kappa shape index (κ2) is 6.32. The molecule has 0 N–H and O–H groups in total. The van der Waals surface area contributed by atoms with Gasteiger partial charge in [0.25, 0.3) is 0 Å². The predicted molar refractivity (Wildman–Crippen MR) is 90.0 cm³/mol. The SMILES string of the molecule is COc1ccccc1N1CCCC(N(C)c2ccn(C)n2)C1=O. The fourth-order valence-corrected chi connectivity index (χ4v) is 3.06. The highest BCUT2D eigenvalue weighted by Gasteiger charge is 2.34. The fourth-order valence-electron chi connectivity index (χ4n) is 3.06. The van der Waals surface area contributed by atoms with Crippen molar-refractivity contribution >= 4 is 17.4 Å². The lowest BCUT2D eigenvalue weighted by Crippen LogP contribution is -2.51. The number of aryl methyl sites for hydroxylation is 1. The number of nitrogens with zero attached hydrogens (tertiary/aromatic N) is 4. The number of benzene rings is 1. The monoisotopic (exact) mass is 314 g/mol. The first-order valence-corrected chi connectivity index (χ1v) is 7.78. The van der Waals surface area contributed by atoms with Crippen LogP contribution < -0.4 is 14.5 Å². The molecule has 1 atom stereocenters. The molecule has 0 radical (unpaired) electrons. The number of hydrogen-bond acceptors (Lipinski definition) is 4. The van der Waals surface area contributed by atoms with Gasteiger partial charge in [-0.25, -0.2) is 0 Å². The van der Waals surface area contributed by atoms with Crippen molar-refractivity contribution in [2.45, 2.75) is 18.9 Å². The van der Waals surface area contributed by atoms with Gasteiger partial charge in [0.15, 0.2) is 5.82 Å². The van der Waals surface area contributed by atoms with Crippen LogP contribution in [0.3, 0.4) is 0 Å². The highest BCUT2D eigenvalue weighted by molar-refractivity contribution is 6.00. The summed E-state index contributed by atoms with van der Waals surface area (Å²) in [4.78, 5) is 16.8. The second-order valence-corrected chi connectivity index (χ2v) is 5.78. The van der Waals surface area contributed by atoms with Crippen LogP contribution in [0.5, 0.6) is 5.75 Å². The molecule has 23 heavy (non-hydrogen) atoms. The van der Waals surface area contributed by atoms with Crippen LogP contribution in [0.2, 0.25) is 0 Å². The quantitative estimate of drug-likeness (QED) is 0.867. The Morgan fingerprint density at radius 1 is 1.30 bits per heavy atom. The Labute approximate surface area is 136 Å². The number of anilines is 2. The van der Waals surface area contributed by atoms with Gasteiger partial charge in [0.05, 0.1) is 12.8 Å². The molecule has 1 fully saturated rings. The van der Waals surface area contributed by atoms with Crippen molar-refractivity contribution in [2.24, 2.45) is 7.05 Å². The summed E-state index contributed by atoms with van der Waals surface area (Å²) in [5.74, 6) is 1.63. The summed E-state index contributed by atoms with van der Waals surface area (Å²) in [5, 5.41) is 4.40. The molecule has 1 saturated heterocycles. The highest BCUT2D eigenvalue weighted by Crippen LogP contribution is 2.32. The molecule has 6 heteroatoms. The summed E-state index contributed by atoms with van der Waals surface area (Å²) in [6.07, 6.45) is 3.67. The minimum absolute atomic E-state index is 0.0916. The molecule has 2 heterocycles. The molecule has 1 aromatic heterocycles. The van der Waals surface area contributed by atoms with Gasteiger partial charge in [-0.05, 0) is 25.0 Å². The van der Waals surface area contributed by atoms with Gasteiger partial charge in [-0.2, -0.15) is 5.10 Å². The van der Waals surface area contributed by atoms with E-state index >= 15 is 0 Å². The van der Waals surface area contributed by atoms with Crippen LogP contribution in [0.15, 0.2) is 36.5 Å². The van der Waals surface area contributed by atoms with E-state index in [2.05, 4.69) is 5.10 Å². The maximum Gasteiger partial charge on any atom is 0.249 e. The van der Waals surface area contributed by atoms with E-state index in [1.807, 2.05) is 60.4 Å². The lowest BCUT2D eigenvalue weighted by Gasteiger charge is -2.37. The van der Waals surface area contributed by atoms with Crippen molar-refractivity contribution in [1.29, 1.82) is 0 Å². The summed E-state index contributed by atoms with van der Waals surface area (Å²) in [7, 11) is 5.43. The van der Waals surface area contributed by atoms with Crippen molar-refractivity contribution < 1.29 is 9.53 Å². The molecule has 0 bridgehead atoms. The van der Waals surface area contributed by atoms with E-state index in [9.17, 15) is 4.79 Å². The number of rotatable bonds is 4. The Morgan fingerprint density at radius 2 is 2.09 bits per heavy atom. The number of methoxy groups -OCH3 is 1. The molecular formula is C17H22N4O2. The van der Waals surface area contributed by atoms with Crippen LogP contribution in [0, 0.1) is 0 Å². The molecule has 0 spiro atoms. The topological polar surface area (TPSA) is 50.6 Å². The van der Waals surface area contributed by atoms with Gasteiger partial charge in [-0.1, -0.05) is 12.1 Å². The minimum atomic E-state index is -0.205. The number of amides is 1. The molecule has 1 aliphatic heterocycles. The van der Waals surface area contributed by atoms with E-state index in [0.717, 1.165) is 30.1 Å². The maximum absolute atomic E-state index is 13.0. The van der Waals surface area contributed by atoms with E-state index in [1.165, 1.54) is 0 Å². The normalized spacial score (nSPS) is 18.1. The number of para-hydroxylation sites is 2. The zero-order valence-electron chi connectivity index (χ0n) is 13.8. The lowest BCUT2D eigenvalue weighted by molar-refractivity contribution is -0.120. The van der Waals surface area contributed by atoms with E-state index in [0.29, 0.717) is 6.54 Å². The minimum Gasteiger partial charge on any atom is -0.495 e. The predicted octanol–water partition coefficient (Wildman–Crippen LogP) is 2.06. The van der Waals surface area contributed by atoms with Crippen LogP contribution in [0.1, 0.15) is 12.8 Å². The zero-order valence-corrected chi connectivity index (χ0v) is 13.8. The van der Waals surface area contributed by atoms with E-state index in [4.69, 9.17) is 4.74 Å². The van der Waals surface area contributed by atoms with Crippen molar-refractivity contribution in [3.63, 3.8) is 0 Å². The number of ether oxygens (including phenoxy) is 1. The number of carbonyl (C=O) groups is 1. The summed E-state index contributed by atoms with van der Waals surface area (Å²) < 4.78 is 7.15. The van der Waals surface area contributed by atoms with Crippen molar-refractivity contribution in [3.05, 3.63) is 36.5 Å². The first-order valence-electron chi connectivity index (χ1n) is 7.78. The number of hydrogen-bond donors (Lipinski definition) is 0. The molecule has 1 unspecified atom stereocenters. The summed E-state index contributed by atoms with van der Waals surface area (Å²) >= 11 is 0. The first kappa shape index (κ1) is 15.4. The standard InChI is InChI=1S/C17H22N4O2/c1-19-12-10-16(18-19)20(2)14-8-6-11-21(17(14)22)13-7-4-5-9-15(13)23-3/h4-5,7,9-10,12,14H,6,8,11H2,1-3H3. The molecule has 2 aromatic rings. The van der Waals surface area contributed by atoms with E-state index < -0.39 is 0 Å². The summed E-state index contributed by atoms with van der Waals surface area (Å²) in [6.45, 7) is 0.714. The zero-order chi connectivity index (χ0) is 16.4. The van der Waals surface area contributed by atoms with Crippen molar-refractivity contribution in [2.75, 3.05) is 30.5 Å². The van der Waals surface area contributed by atoms with Crippen LogP contribution in [0.4, 0.5) is 11.5 Å². The van der Waals surface area contributed by atoms with Crippen molar-refractivity contribution in [3.8, 4) is 5.75 Å². The van der Waals surface area contributed by atoms with Gasteiger partial charge < -0.3 is 14.5 Å². The second-order valence-electron chi connectivity index (χ2n) is 5.78. The molecule has 1 amide bonds. The number of aromatic nitrogens is 2. The van der Waals surface area contributed by atoms with E-state index in [1.54, 1.807) is 11.8 Å². The lowest BCUT2D eigenvalue weighted by atomic mass is 10.0. The average molecular weight is 314 g/mol. The van der Waals surface area contributed by atoms with Gasteiger partial charge in [-0.3, -0.25) is 9.48 Å². The summed E-state index contributed by atoms with van der Waals surface area (Å²) in [6, 6.07) is 9.37. The van der Waals surface area contributed by atoms with E-state index in [-0.39, 0.29) is 11.9 Å². The third-order valence-electron chi connectivity index (χ3n) is 4.31. The number of carbonyl (C=O) groups excluding carboxylic acids is 1. The average Bonchev–Trinajstić information content (AvgIpc) is 3.01.